The summed E-state index contributed by atoms with van der Waals surface area (Å²) in [5, 5.41) is 5.44. The van der Waals surface area contributed by atoms with Gasteiger partial charge in [0.15, 0.2) is 0 Å². The van der Waals surface area contributed by atoms with Crippen molar-refractivity contribution in [3.8, 4) is 0 Å². The molecule has 4 nitrogen and oxygen atoms in total. The van der Waals surface area contributed by atoms with E-state index in [0.29, 0.717) is 0 Å². The van der Waals surface area contributed by atoms with Crippen LogP contribution in [0.25, 0.3) is 0 Å². The maximum Gasteiger partial charge on any atom is 0.237 e. The van der Waals surface area contributed by atoms with E-state index in [4.69, 9.17) is 0 Å². The van der Waals surface area contributed by atoms with Crippen LogP contribution < -0.4 is 10.6 Å². The van der Waals surface area contributed by atoms with Crippen LogP contribution in [0.4, 0.5) is 11.4 Å². The van der Waals surface area contributed by atoms with E-state index in [-0.39, 0.29) is 17.1 Å². The van der Waals surface area contributed by atoms with Crippen LogP contribution in [0, 0.1) is 13.8 Å². The minimum Gasteiger partial charge on any atom is -0.326 e. The summed E-state index contributed by atoms with van der Waals surface area (Å²) in [6, 6.07) is 13.4. The first-order chi connectivity index (χ1) is 11.3. The molecule has 0 fully saturated rings. The fourth-order valence-electron chi connectivity index (χ4n) is 2.17. The van der Waals surface area contributed by atoms with Crippen molar-refractivity contribution in [3.05, 3.63) is 53.6 Å². The summed E-state index contributed by atoms with van der Waals surface area (Å²) in [6.45, 7) is 7.41. The van der Waals surface area contributed by atoms with Gasteiger partial charge in [0.1, 0.15) is 0 Å². The van der Waals surface area contributed by atoms with Crippen molar-refractivity contribution in [2.24, 2.45) is 0 Å². The second kappa shape index (κ2) is 8.02. The molecule has 2 aromatic carbocycles. The molecule has 0 aliphatic rings. The maximum atomic E-state index is 12.4. The molecule has 2 aromatic rings. The highest BCUT2D eigenvalue weighted by atomic mass is 32.2. The predicted molar refractivity (Wildman–Crippen MR) is 101 cm³/mol. The van der Waals surface area contributed by atoms with E-state index < -0.39 is 0 Å². The SMILES string of the molecule is CC(=O)Nc1cccc(SC(C)C(=O)Nc2ccc(C)c(C)c2)c1. The Labute approximate surface area is 147 Å². The minimum absolute atomic E-state index is 0.0480. The molecule has 0 aliphatic carbocycles. The molecule has 2 rings (SSSR count). The van der Waals surface area contributed by atoms with Crippen LogP contribution >= 0.6 is 11.8 Å². The van der Waals surface area contributed by atoms with Crippen molar-refractivity contribution in [2.75, 3.05) is 10.6 Å². The van der Waals surface area contributed by atoms with Crippen LogP contribution in [-0.4, -0.2) is 17.1 Å². The number of hydrogen-bond acceptors (Lipinski definition) is 3. The Kier molecular flexibility index (Phi) is 6.04. The average molecular weight is 342 g/mol. The number of anilines is 2. The number of hydrogen-bond donors (Lipinski definition) is 2. The van der Waals surface area contributed by atoms with Gasteiger partial charge in [-0.2, -0.15) is 0 Å². The molecule has 126 valence electrons. The Morgan fingerprint density at radius 2 is 1.67 bits per heavy atom. The molecular weight excluding hydrogens is 320 g/mol. The number of rotatable bonds is 5. The van der Waals surface area contributed by atoms with Gasteiger partial charge < -0.3 is 10.6 Å². The summed E-state index contributed by atoms with van der Waals surface area (Å²) >= 11 is 1.46. The molecule has 0 aromatic heterocycles. The third-order valence-corrected chi connectivity index (χ3v) is 4.70. The van der Waals surface area contributed by atoms with Crippen molar-refractivity contribution >= 4 is 35.0 Å². The Bertz CT molecular complexity index is 759. The molecule has 2 N–H and O–H groups in total. The standard InChI is InChI=1S/C19H22N2O2S/c1-12-8-9-17(10-13(12)2)21-19(23)14(3)24-18-7-5-6-16(11-18)20-15(4)22/h5-11,14H,1-4H3,(H,20,22)(H,21,23). The summed E-state index contributed by atoms with van der Waals surface area (Å²) in [4.78, 5) is 24.4. The van der Waals surface area contributed by atoms with Crippen LogP contribution in [0.2, 0.25) is 0 Å². The van der Waals surface area contributed by atoms with Gasteiger partial charge in [-0.25, -0.2) is 0 Å². The van der Waals surface area contributed by atoms with Crippen molar-refractivity contribution in [1.82, 2.24) is 0 Å². The molecule has 1 unspecified atom stereocenters. The summed E-state index contributed by atoms with van der Waals surface area (Å²) in [6.07, 6.45) is 0. The van der Waals surface area contributed by atoms with Gasteiger partial charge in [0.2, 0.25) is 11.8 Å². The maximum absolute atomic E-state index is 12.4. The molecule has 0 saturated carbocycles. The zero-order chi connectivity index (χ0) is 17.7. The lowest BCUT2D eigenvalue weighted by Gasteiger charge is -2.13. The molecule has 0 saturated heterocycles. The lowest BCUT2D eigenvalue weighted by molar-refractivity contribution is -0.115. The zero-order valence-electron chi connectivity index (χ0n) is 14.3. The lowest BCUT2D eigenvalue weighted by Crippen LogP contribution is -2.22. The van der Waals surface area contributed by atoms with Crippen molar-refractivity contribution in [2.45, 2.75) is 37.8 Å². The van der Waals surface area contributed by atoms with Gasteiger partial charge in [-0.15, -0.1) is 11.8 Å². The number of carbonyl (C=O) groups is 2. The fraction of sp³-hybridized carbons (Fsp3) is 0.263. The number of nitrogens with one attached hydrogen (secondary N) is 2. The first kappa shape index (κ1) is 18.1. The number of amides is 2. The van der Waals surface area contributed by atoms with E-state index >= 15 is 0 Å². The number of thioether (sulfide) groups is 1. The molecule has 0 heterocycles. The second-order valence-electron chi connectivity index (χ2n) is 5.76. The van der Waals surface area contributed by atoms with E-state index in [9.17, 15) is 9.59 Å². The molecule has 0 bridgehead atoms. The van der Waals surface area contributed by atoms with Gasteiger partial charge in [0, 0.05) is 23.2 Å². The van der Waals surface area contributed by atoms with Gasteiger partial charge in [-0.3, -0.25) is 9.59 Å². The molecular formula is C19H22N2O2S. The quantitative estimate of drug-likeness (QED) is 0.793. The minimum atomic E-state index is -0.251. The van der Waals surface area contributed by atoms with Gasteiger partial charge in [-0.05, 0) is 62.2 Å². The molecule has 24 heavy (non-hydrogen) atoms. The monoisotopic (exact) mass is 342 g/mol. The van der Waals surface area contributed by atoms with Gasteiger partial charge in [0.05, 0.1) is 5.25 Å². The van der Waals surface area contributed by atoms with E-state index in [2.05, 4.69) is 10.6 Å². The molecule has 0 spiro atoms. The first-order valence-electron chi connectivity index (χ1n) is 7.77. The molecule has 0 aliphatic heterocycles. The summed E-state index contributed by atoms with van der Waals surface area (Å²) in [5.74, 6) is -0.161. The molecule has 5 heteroatoms. The number of aryl methyl sites for hydroxylation is 2. The Hall–Kier alpha value is -2.27. The predicted octanol–water partition coefficient (Wildman–Crippen LogP) is 4.38. The van der Waals surface area contributed by atoms with Crippen LogP contribution in [0.5, 0.6) is 0 Å². The zero-order valence-corrected chi connectivity index (χ0v) is 15.2. The number of carbonyl (C=O) groups excluding carboxylic acids is 2. The van der Waals surface area contributed by atoms with Crippen LogP contribution in [0.1, 0.15) is 25.0 Å². The second-order valence-corrected chi connectivity index (χ2v) is 7.17. The third kappa shape index (κ3) is 5.13. The summed E-state index contributed by atoms with van der Waals surface area (Å²) in [5.41, 5.74) is 3.89. The van der Waals surface area contributed by atoms with Gasteiger partial charge >= 0.3 is 0 Å². The normalized spacial score (nSPS) is 11.7. The van der Waals surface area contributed by atoms with E-state index in [1.165, 1.54) is 24.2 Å². The highest BCUT2D eigenvalue weighted by molar-refractivity contribution is 8.00. The smallest absolute Gasteiger partial charge is 0.237 e. The Morgan fingerprint density at radius 1 is 0.958 bits per heavy atom. The third-order valence-electron chi connectivity index (χ3n) is 3.61. The van der Waals surface area contributed by atoms with E-state index in [1.54, 1.807) is 0 Å². The Morgan fingerprint density at radius 3 is 2.33 bits per heavy atom. The highest BCUT2D eigenvalue weighted by Gasteiger charge is 2.15. The van der Waals surface area contributed by atoms with Crippen LogP contribution in [0.3, 0.4) is 0 Å². The van der Waals surface area contributed by atoms with Gasteiger partial charge in [-0.1, -0.05) is 12.1 Å². The molecule has 0 radical (unpaired) electrons. The topological polar surface area (TPSA) is 58.2 Å². The van der Waals surface area contributed by atoms with Crippen molar-refractivity contribution in [1.29, 1.82) is 0 Å². The van der Waals surface area contributed by atoms with Crippen LogP contribution in [0.15, 0.2) is 47.4 Å². The van der Waals surface area contributed by atoms with Gasteiger partial charge in [0.25, 0.3) is 0 Å². The molecule has 1 atom stereocenters. The largest absolute Gasteiger partial charge is 0.326 e. The summed E-state index contributed by atoms with van der Waals surface area (Å²) < 4.78 is 0. The van der Waals surface area contributed by atoms with Crippen LogP contribution in [-0.2, 0) is 9.59 Å². The fourth-order valence-corrected chi connectivity index (χ4v) is 3.10. The first-order valence-corrected chi connectivity index (χ1v) is 8.65. The summed E-state index contributed by atoms with van der Waals surface area (Å²) in [7, 11) is 0. The van der Waals surface area contributed by atoms with Crippen molar-refractivity contribution < 1.29 is 9.59 Å². The van der Waals surface area contributed by atoms with Crippen molar-refractivity contribution in [3.63, 3.8) is 0 Å². The van der Waals surface area contributed by atoms with E-state index in [1.807, 2.05) is 63.2 Å². The lowest BCUT2D eigenvalue weighted by atomic mass is 10.1. The molecule has 2 amide bonds. The highest BCUT2D eigenvalue weighted by Crippen LogP contribution is 2.27. The van der Waals surface area contributed by atoms with E-state index in [0.717, 1.165) is 21.8 Å². The average Bonchev–Trinajstić information content (AvgIpc) is 2.50. The number of benzene rings is 2. The Balaban J connectivity index is 2.00.